The lowest BCUT2D eigenvalue weighted by Gasteiger charge is -2.17. The second-order valence-electron chi connectivity index (χ2n) is 8.75. The number of benzene rings is 1. The summed E-state index contributed by atoms with van der Waals surface area (Å²) in [7, 11) is 0. The van der Waals surface area contributed by atoms with Crippen LogP contribution < -0.4 is 0 Å². The van der Waals surface area contributed by atoms with Crippen molar-refractivity contribution in [1.29, 1.82) is 0 Å². The Bertz CT molecular complexity index is 470. The van der Waals surface area contributed by atoms with Crippen LogP contribution >= 0.6 is 0 Å². The van der Waals surface area contributed by atoms with Crippen LogP contribution in [0, 0.1) is 5.92 Å². The minimum absolute atomic E-state index is 0.728. The van der Waals surface area contributed by atoms with Crippen molar-refractivity contribution in [3.63, 3.8) is 0 Å². The lowest BCUT2D eigenvalue weighted by Crippen LogP contribution is -2.04. The second kappa shape index (κ2) is 18.0. The van der Waals surface area contributed by atoms with Crippen LogP contribution in [0.3, 0.4) is 0 Å². The highest BCUT2D eigenvalue weighted by Gasteiger charge is 2.09. The number of rotatable bonds is 18. The van der Waals surface area contributed by atoms with Crippen LogP contribution in [0.15, 0.2) is 42.0 Å². The van der Waals surface area contributed by atoms with E-state index in [1.54, 1.807) is 5.57 Å². The van der Waals surface area contributed by atoms with Crippen molar-refractivity contribution in [1.82, 2.24) is 0 Å². The van der Waals surface area contributed by atoms with Gasteiger partial charge in [0.2, 0.25) is 0 Å². The summed E-state index contributed by atoms with van der Waals surface area (Å²) >= 11 is 0. The molecule has 1 aromatic carbocycles. The maximum absolute atomic E-state index is 2.71. The van der Waals surface area contributed by atoms with E-state index in [9.17, 15) is 0 Å². The van der Waals surface area contributed by atoms with E-state index >= 15 is 0 Å². The maximum atomic E-state index is 2.71. The normalized spacial score (nSPS) is 13.0. The summed E-state index contributed by atoms with van der Waals surface area (Å²) in [4.78, 5) is 0. The van der Waals surface area contributed by atoms with Gasteiger partial charge in [0.15, 0.2) is 0 Å². The fourth-order valence-electron chi connectivity index (χ4n) is 4.16. The summed E-state index contributed by atoms with van der Waals surface area (Å²) in [6, 6.07) is 11.2. The van der Waals surface area contributed by atoms with Crippen LogP contribution in [-0.4, -0.2) is 0 Å². The number of hydrogen-bond donors (Lipinski definition) is 0. The third-order valence-electron chi connectivity index (χ3n) is 5.94. The highest BCUT2D eigenvalue weighted by Crippen LogP contribution is 2.24. The van der Waals surface area contributed by atoms with Gasteiger partial charge in [-0.2, -0.15) is 0 Å². The van der Waals surface area contributed by atoms with Gasteiger partial charge in [-0.25, -0.2) is 0 Å². The molecule has 0 N–H and O–H groups in total. The molecule has 1 rings (SSSR count). The molecule has 0 saturated heterocycles. The van der Waals surface area contributed by atoms with Gasteiger partial charge >= 0.3 is 0 Å². The molecule has 0 aromatic heterocycles. The van der Waals surface area contributed by atoms with Crippen molar-refractivity contribution >= 4 is 0 Å². The molecule has 0 fully saturated rings. The van der Waals surface area contributed by atoms with Crippen LogP contribution in [0.4, 0.5) is 0 Å². The molecule has 28 heavy (non-hydrogen) atoms. The Morgan fingerprint density at radius 2 is 1.25 bits per heavy atom. The summed E-state index contributed by atoms with van der Waals surface area (Å²) in [6.07, 6.45) is 24.6. The molecular formula is C28H48. The van der Waals surface area contributed by atoms with Crippen molar-refractivity contribution in [2.75, 3.05) is 0 Å². The molecular weight excluding hydrogens is 336 g/mol. The zero-order valence-electron chi connectivity index (χ0n) is 19.4. The van der Waals surface area contributed by atoms with Crippen LogP contribution in [0.25, 0.3) is 0 Å². The summed E-state index contributed by atoms with van der Waals surface area (Å²) < 4.78 is 0. The van der Waals surface area contributed by atoms with E-state index < -0.39 is 0 Å². The largest absolute Gasteiger partial charge is 0.0819 e. The molecule has 0 amide bonds. The lowest BCUT2D eigenvalue weighted by molar-refractivity contribution is 0.511. The van der Waals surface area contributed by atoms with Gasteiger partial charge in [0.1, 0.15) is 0 Å². The first kappa shape index (κ1) is 25.0. The van der Waals surface area contributed by atoms with Crippen molar-refractivity contribution in [3.05, 3.63) is 47.5 Å². The van der Waals surface area contributed by atoms with Gasteiger partial charge in [-0.1, -0.05) is 127 Å². The van der Waals surface area contributed by atoms with E-state index in [-0.39, 0.29) is 0 Å². The first-order valence-electron chi connectivity index (χ1n) is 12.5. The molecule has 0 nitrogen and oxygen atoms in total. The Balaban J connectivity index is 2.66. The second-order valence-corrected chi connectivity index (χ2v) is 8.75. The molecule has 0 aliphatic heterocycles. The summed E-state index contributed by atoms with van der Waals surface area (Å²) in [6.45, 7) is 6.94. The minimum atomic E-state index is 0.728. The van der Waals surface area contributed by atoms with E-state index in [1.165, 1.54) is 108 Å². The molecule has 0 aliphatic carbocycles. The van der Waals surface area contributed by atoms with E-state index in [0.29, 0.717) is 0 Å². The number of allylic oxidation sites excluding steroid dienone is 2. The maximum Gasteiger partial charge on any atom is -0.0190 e. The molecule has 160 valence electrons. The van der Waals surface area contributed by atoms with Crippen molar-refractivity contribution in [2.24, 2.45) is 5.92 Å². The molecule has 0 saturated carbocycles. The predicted molar refractivity (Wildman–Crippen MR) is 128 cm³/mol. The van der Waals surface area contributed by atoms with Gasteiger partial charge < -0.3 is 0 Å². The van der Waals surface area contributed by atoms with Crippen molar-refractivity contribution in [3.8, 4) is 0 Å². The summed E-state index contributed by atoms with van der Waals surface area (Å²) in [5, 5.41) is 0. The zero-order chi connectivity index (χ0) is 20.3. The molecule has 1 atom stereocenters. The Morgan fingerprint density at radius 1 is 0.679 bits per heavy atom. The molecule has 0 bridgehead atoms. The van der Waals surface area contributed by atoms with Crippen LogP contribution in [0.5, 0.6) is 0 Å². The monoisotopic (exact) mass is 384 g/mol. The van der Waals surface area contributed by atoms with Crippen LogP contribution in [0.2, 0.25) is 0 Å². The summed E-state index contributed by atoms with van der Waals surface area (Å²) in [5.41, 5.74) is 3.26. The van der Waals surface area contributed by atoms with Crippen LogP contribution in [0.1, 0.15) is 123 Å². The zero-order valence-corrected chi connectivity index (χ0v) is 19.4. The van der Waals surface area contributed by atoms with Gasteiger partial charge in [-0.15, -0.1) is 0 Å². The average Bonchev–Trinajstić information content (AvgIpc) is 2.72. The van der Waals surface area contributed by atoms with Gasteiger partial charge in [0.25, 0.3) is 0 Å². The highest BCUT2D eigenvalue weighted by molar-refractivity contribution is 5.17. The molecule has 0 aliphatic rings. The Morgan fingerprint density at radius 3 is 1.93 bits per heavy atom. The summed E-state index contributed by atoms with van der Waals surface area (Å²) in [5.74, 6) is 0.728. The number of hydrogen-bond acceptors (Lipinski definition) is 0. The molecule has 0 heterocycles. The smallest absolute Gasteiger partial charge is 0.0190 e. The quantitative estimate of drug-likeness (QED) is 0.174. The SMILES string of the molecule is CCCCCCCCC(/C=C(\CCCC)CCCCCC)Cc1ccccc1. The van der Waals surface area contributed by atoms with Crippen LogP contribution in [-0.2, 0) is 6.42 Å². The topological polar surface area (TPSA) is 0 Å². The first-order valence-corrected chi connectivity index (χ1v) is 12.5. The van der Waals surface area contributed by atoms with Gasteiger partial charge in [-0.05, 0) is 50.0 Å². The molecule has 0 heteroatoms. The molecule has 0 spiro atoms. The minimum Gasteiger partial charge on any atom is -0.0819 e. The van der Waals surface area contributed by atoms with Crippen molar-refractivity contribution in [2.45, 2.75) is 124 Å². The van der Waals surface area contributed by atoms with Crippen molar-refractivity contribution < 1.29 is 0 Å². The van der Waals surface area contributed by atoms with E-state index in [2.05, 4.69) is 57.2 Å². The number of unbranched alkanes of at least 4 members (excludes halogenated alkanes) is 9. The van der Waals surface area contributed by atoms with Gasteiger partial charge in [0, 0.05) is 0 Å². The molecule has 1 aromatic rings. The first-order chi connectivity index (χ1) is 13.8. The fraction of sp³-hybridized carbons (Fsp3) is 0.714. The standard InChI is InChI=1S/C28H48/c1-4-7-10-12-13-16-23-28(25-27-21-17-14-18-22-27)24-26(19-9-6-3)20-15-11-8-5-2/h14,17-18,21-22,24,28H,4-13,15-16,19-20,23,25H2,1-3H3/b26-24+. The predicted octanol–water partition coefficient (Wildman–Crippen LogP) is 9.68. The fourth-order valence-corrected chi connectivity index (χ4v) is 4.16. The Kier molecular flexibility index (Phi) is 16.1. The third kappa shape index (κ3) is 13.2. The molecule has 0 radical (unpaired) electrons. The van der Waals surface area contributed by atoms with E-state index in [0.717, 1.165) is 5.92 Å². The Hall–Kier alpha value is -1.04. The Labute approximate surface area is 177 Å². The molecule has 1 unspecified atom stereocenters. The average molecular weight is 385 g/mol. The van der Waals surface area contributed by atoms with E-state index in [4.69, 9.17) is 0 Å². The van der Waals surface area contributed by atoms with E-state index in [1.807, 2.05) is 0 Å². The van der Waals surface area contributed by atoms with Gasteiger partial charge in [0.05, 0.1) is 0 Å². The third-order valence-corrected chi connectivity index (χ3v) is 5.94. The lowest BCUT2D eigenvalue weighted by atomic mass is 9.89. The van der Waals surface area contributed by atoms with Gasteiger partial charge in [-0.3, -0.25) is 0 Å². The highest BCUT2D eigenvalue weighted by atomic mass is 14.1.